The highest BCUT2D eigenvalue weighted by Gasteiger charge is 2.16. The van der Waals surface area contributed by atoms with Gasteiger partial charge in [0, 0.05) is 10.7 Å². The SMILES string of the molecule is O=C(Nc1c(F)cccc1F)c1cc(Br)cnc1Cl. The van der Waals surface area contributed by atoms with Crippen molar-refractivity contribution in [3.8, 4) is 0 Å². The molecule has 0 aliphatic carbocycles. The second kappa shape index (κ2) is 5.63. The van der Waals surface area contributed by atoms with Crippen molar-refractivity contribution in [2.45, 2.75) is 0 Å². The fraction of sp³-hybridized carbons (Fsp3) is 0. The first-order chi connectivity index (χ1) is 8.99. The van der Waals surface area contributed by atoms with E-state index in [4.69, 9.17) is 11.6 Å². The number of nitrogens with one attached hydrogen (secondary N) is 1. The number of hydrogen-bond donors (Lipinski definition) is 1. The molecule has 0 unspecified atom stereocenters. The molecule has 0 saturated carbocycles. The van der Waals surface area contributed by atoms with Crippen LogP contribution in [0.15, 0.2) is 34.9 Å². The van der Waals surface area contributed by atoms with Gasteiger partial charge in [0.05, 0.1) is 5.56 Å². The molecular weight excluding hydrogens is 341 g/mol. The first kappa shape index (κ1) is 13.9. The van der Waals surface area contributed by atoms with Crippen molar-refractivity contribution in [1.82, 2.24) is 4.98 Å². The number of carbonyl (C=O) groups is 1. The van der Waals surface area contributed by atoms with Crippen LogP contribution >= 0.6 is 27.5 Å². The van der Waals surface area contributed by atoms with Gasteiger partial charge in [-0.2, -0.15) is 0 Å². The maximum absolute atomic E-state index is 13.4. The fourth-order valence-corrected chi connectivity index (χ4v) is 1.90. The van der Waals surface area contributed by atoms with Gasteiger partial charge in [-0.1, -0.05) is 17.7 Å². The molecule has 0 bridgehead atoms. The summed E-state index contributed by atoms with van der Waals surface area (Å²) in [5, 5.41) is 2.07. The van der Waals surface area contributed by atoms with Crippen molar-refractivity contribution in [3.05, 3.63) is 57.3 Å². The van der Waals surface area contributed by atoms with Crippen molar-refractivity contribution in [3.63, 3.8) is 0 Å². The number of aromatic nitrogens is 1. The molecule has 98 valence electrons. The highest BCUT2D eigenvalue weighted by molar-refractivity contribution is 9.10. The number of para-hydroxylation sites is 1. The van der Waals surface area contributed by atoms with E-state index in [0.29, 0.717) is 4.47 Å². The summed E-state index contributed by atoms with van der Waals surface area (Å²) in [6, 6.07) is 4.69. The molecule has 2 aromatic rings. The monoisotopic (exact) mass is 346 g/mol. The lowest BCUT2D eigenvalue weighted by Gasteiger charge is -2.08. The van der Waals surface area contributed by atoms with Crippen LogP contribution in [-0.4, -0.2) is 10.9 Å². The standard InChI is InChI=1S/C12H6BrClF2N2O/c13-6-4-7(11(14)17-5-6)12(19)18-10-8(15)2-1-3-9(10)16/h1-5H,(H,18,19). The molecule has 2 rings (SSSR count). The van der Waals surface area contributed by atoms with E-state index in [0.717, 1.165) is 12.1 Å². The molecule has 0 aliphatic heterocycles. The van der Waals surface area contributed by atoms with Crippen LogP contribution < -0.4 is 5.32 Å². The van der Waals surface area contributed by atoms with E-state index in [1.54, 1.807) is 0 Å². The Morgan fingerprint density at radius 3 is 2.58 bits per heavy atom. The molecule has 0 aliphatic rings. The molecule has 0 spiro atoms. The third-order valence-corrected chi connectivity index (χ3v) is 2.99. The minimum absolute atomic E-state index is 0.0127. The number of hydrogen-bond acceptors (Lipinski definition) is 2. The van der Waals surface area contributed by atoms with Crippen molar-refractivity contribution < 1.29 is 13.6 Å². The Labute approximate surface area is 120 Å². The van der Waals surface area contributed by atoms with Gasteiger partial charge in [0.25, 0.3) is 5.91 Å². The fourth-order valence-electron chi connectivity index (χ4n) is 1.38. The van der Waals surface area contributed by atoms with E-state index in [-0.39, 0.29) is 10.7 Å². The number of rotatable bonds is 2. The Bertz CT molecular complexity index is 631. The van der Waals surface area contributed by atoms with Gasteiger partial charge in [-0.05, 0) is 34.1 Å². The average Bonchev–Trinajstić information content (AvgIpc) is 2.37. The number of nitrogens with zero attached hydrogens (tertiary/aromatic N) is 1. The van der Waals surface area contributed by atoms with Gasteiger partial charge in [0.2, 0.25) is 0 Å². The summed E-state index contributed by atoms with van der Waals surface area (Å²) in [6.07, 6.45) is 1.41. The molecule has 1 heterocycles. The number of benzene rings is 1. The Morgan fingerprint density at radius 1 is 1.32 bits per heavy atom. The second-order valence-electron chi connectivity index (χ2n) is 3.54. The van der Waals surface area contributed by atoms with Crippen molar-refractivity contribution in [2.24, 2.45) is 0 Å². The summed E-state index contributed by atoms with van der Waals surface area (Å²) >= 11 is 8.89. The zero-order valence-electron chi connectivity index (χ0n) is 9.25. The highest BCUT2D eigenvalue weighted by atomic mass is 79.9. The van der Waals surface area contributed by atoms with Crippen LogP contribution in [0.25, 0.3) is 0 Å². The minimum Gasteiger partial charge on any atom is -0.317 e. The zero-order valence-corrected chi connectivity index (χ0v) is 11.6. The first-order valence-corrected chi connectivity index (χ1v) is 6.22. The lowest BCUT2D eigenvalue weighted by atomic mass is 10.2. The van der Waals surface area contributed by atoms with Crippen molar-refractivity contribution in [2.75, 3.05) is 5.32 Å². The van der Waals surface area contributed by atoms with Crippen LogP contribution in [0.4, 0.5) is 14.5 Å². The maximum Gasteiger partial charge on any atom is 0.258 e. The lowest BCUT2D eigenvalue weighted by molar-refractivity contribution is 0.102. The van der Waals surface area contributed by atoms with Crippen molar-refractivity contribution in [1.29, 1.82) is 0 Å². The van der Waals surface area contributed by atoms with E-state index in [1.807, 2.05) is 0 Å². The molecule has 1 amide bonds. The van der Waals surface area contributed by atoms with Gasteiger partial charge >= 0.3 is 0 Å². The number of amides is 1. The summed E-state index contributed by atoms with van der Waals surface area (Å²) in [7, 11) is 0. The van der Waals surface area contributed by atoms with Gasteiger partial charge in [0.15, 0.2) is 0 Å². The van der Waals surface area contributed by atoms with Crippen LogP contribution in [-0.2, 0) is 0 Å². The minimum atomic E-state index is -0.868. The molecule has 7 heteroatoms. The molecule has 0 radical (unpaired) electrons. The number of anilines is 1. The topological polar surface area (TPSA) is 42.0 Å². The summed E-state index contributed by atoms with van der Waals surface area (Å²) in [6.45, 7) is 0. The molecule has 1 N–H and O–H groups in total. The van der Waals surface area contributed by atoms with Gasteiger partial charge in [-0.15, -0.1) is 0 Å². The molecule has 0 fully saturated rings. The number of carbonyl (C=O) groups excluding carboxylic acids is 1. The summed E-state index contributed by atoms with van der Waals surface area (Å²) in [4.78, 5) is 15.7. The van der Waals surface area contributed by atoms with Crippen LogP contribution in [0.1, 0.15) is 10.4 Å². The zero-order chi connectivity index (χ0) is 14.0. The van der Waals surface area contributed by atoms with E-state index in [9.17, 15) is 13.6 Å². The normalized spacial score (nSPS) is 10.3. The quantitative estimate of drug-likeness (QED) is 0.834. The third-order valence-electron chi connectivity index (χ3n) is 2.25. The predicted octanol–water partition coefficient (Wildman–Crippen LogP) is 4.03. The van der Waals surface area contributed by atoms with Gasteiger partial charge < -0.3 is 5.32 Å². The molecule has 1 aromatic heterocycles. The molecule has 0 atom stereocenters. The Morgan fingerprint density at radius 2 is 1.95 bits per heavy atom. The largest absolute Gasteiger partial charge is 0.317 e. The third kappa shape index (κ3) is 3.08. The Kier molecular flexibility index (Phi) is 4.11. The molecule has 3 nitrogen and oxygen atoms in total. The highest BCUT2D eigenvalue weighted by Crippen LogP contribution is 2.22. The number of halogens is 4. The summed E-state index contributed by atoms with van der Waals surface area (Å²) in [5.41, 5.74) is -0.512. The maximum atomic E-state index is 13.4. The van der Waals surface area contributed by atoms with Gasteiger partial charge in [-0.3, -0.25) is 4.79 Å². The molecule has 0 saturated heterocycles. The van der Waals surface area contributed by atoms with E-state index >= 15 is 0 Å². The summed E-state index contributed by atoms with van der Waals surface area (Å²) in [5.74, 6) is -2.48. The Hall–Kier alpha value is -1.53. The number of pyridine rings is 1. The summed E-state index contributed by atoms with van der Waals surface area (Å²) < 4.78 is 27.3. The predicted molar refractivity (Wildman–Crippen MR) is 71.3 cm³/mol. The van der Waals surface area contributed by atoms with Crippen LogP contribution in [0.5, 0.6) is 0 Å². The molecule has 19 heavy (non-hydrogen) atoms. The van der Waals surface area contributed by atoms with Gasteiger partial charge in [0.1, 0.15) is 22.5 Å². The Balaban J connectivity index is 2.34. The van der Waals surface area contributed by atoms with Crippen LogP contribution in [0.3, 0.4) is 0 Å². The van der Waals surface area contributed by atoms with E-state index < -0.39 is 23.2 Å². The van der Waals surface area contributed by atoms with Gasteiger partial charge in [-0.25, -0.2) is 13.8 Å². The lowest BCUT2D eigenvalue weighted by Crippen LogP contribution is -2.15. The van der Waals surface area contributed by atoms with Crippen molar-refractivity contribution >= 4 is 39.1 Å². The second-order valence-corrected chi connectivity index (χ2v) is 4.82. The van der Waals surface area contributed by atoms with E-state index in [1.165, 1.54) is 18.3 Å². The average molecular weight is 348 g/mol. The molecular formula is C12H6BrClF2N2O. The van der Waals surface area contributed by atoms with Crippen LogP contribution in [0, 0.1) is 11.6 Å². The molecule has 1 aromatic carbocycles. The smallest absolute Gasteiger partial charge is 0.258 e. The van der Waals surface area contributed by atoms with E-state index in [2.05, 4.69) is 26.2 Å². The van der Waals surface area contributed by atoms with Crippen LogP contribution in [0.2, 0.25) is 5.15 Å². The first-order valence-electron chi connectivity index (χ1n) is 5.05.